The lowest BCUT2D eigenvalue weighted by atomic mass is 10.0. The molecule has 0 saturated carbocycles. The van der Waals surface area contributed by atoms with Crippen LogP contribution in [0.15, 0.2) is 42.5 Å². The van der Waals surface area contributed by atoms with Gasteiger partial charge in [0.2, 0.25) is 6.79 Å². The van der Waals surface area contributed by atoms with Crippen molar-refractivity contribution in [1.29, 1.82) is 0 Å². The van der Waals surface area contributed by atoms with Crippen molar-refractivity contribution in [2.45, 2.75) is 0 Å². The molecule has 0 amide bonds. The number of hydrogen-bond donors (Lipinski definition) is 1. The zero-order valence-corrected chi connectivity index (χ0v) is 10.5. The number of rotatable bonds is 1. The van der Waals surface area contributed by atoms with Gasteiger partial charge in [0.05, 0.1) is 0 Å². The molecule has 0 radical (unpaired) electrons. The molecule has 2 aromatic carbocycles. The highest BCUT2D eigenvalue weighted by atomic mass is 16.7. The van der Waals surface area contributed by atoms with Crippen LogP contribution in [0.4, 0.5) is 5.82 Å². The maximum atomic E-state index is 5.88. The molecule has 2 heterocycles. The molecule has 0 atom stereocenters. The lowest BCUT2D eigenvalue weighted by Crippen LogP contribution is -1.97. The number of fused-ring (bicyclic) bond motifs is 2. The fourth-order valence-corrected chi connectivity index (χ4v) is 2.38. The molecule has 3 aromatic rings. The first-order valence-corrected chi connectivity index (χ1v) is 6.24. The molecule has 1 aliphatic heterocycles. The molecule has 0 spiro atoms. The Hall–Kier alpha value is -2.82. The Morgan fingerprint density at radius 1 is 0.900 bits per heavy atom. The van der Waals surface area contributed by atoms with Crippen molar-refractivity contribution in [1.82, 2.24) is 10.2 Å². The number of nitrogens with two attached hydrogens (primary N) is 1. The van der Waals surface area contributed by atoms with Gasteiger partial charge in [0.25, 0.3) is 0 Å². The Morgan fingerprint density at radius 3 is 2.60 bits per heavy atom. The molecule has 5 nitrogen and oxygen atoms in total. The number of aromatic nitrogens is 2. The Kier molecular flexibility index (Phi) is 2.26. The van der Waals surface area contributed by atoms with Crippen molar-refractivity contribution in [3.63, 3.8) is 0 Å². The van der Waals surface area contributed by atoms with E-state index in [1.165, 1.54) is 0 Å². The van der Waals surface area contributed by atoms with Gasteiger partial charge in [-0.15, -0.1) is 10.2 Å². The lowest BCUT2D eigenvalue weighted by molar-refractivity contribution is 0.174. The standard InChI is InChI=1S/C15H11N3O2/c16-15-11-4-2-1-3-10(11)14(17-18-15)9-5-6-12-13(7-9)20-8-19-12/h1-7H,8H2,(H2,16,18). The third-order valence-electron chi connectivity index (χ3n) is 3.36. The van der Waals surface area contributed by atoms with Crippen molar-refractivity contribution in [2.75, 3.05) is 12.5 Å². The molecule has 20 heavy (non-hydrogen) atoms. The maximum absolute atomic E-state index is 5.88. The first-order chi connectivity index (χ1) is 9.83. The first kappa shape index (κ1) is 11.0. The minimum Gasteiger partial charge on any atom is -0.454 e. The summed E-state index contributed by atoms with van der Waals surface area (Å²) >= 11 is 0. The molecule has 0 aliphatic carbocycles. The fraction of sp³-hybridized carbons (Fsp3) is 0.0667. The molecule has 0 bridgehead atoms. The van der Waals surface area contributed by atoms with Crippen LogP contribution < -0.4 is 15.2 Å². The lowest BCUT2D eigenvalue weighted by Gasteiger charge is -2.07. The van der Waals surface area contributed by atoms with Crippen LogP contribution in [-0.2, 0) is 0 Å². The second kappa shape index (κ2) is 4.09. The predicted molar refractivity (Wildman–Crippen MR) is 75.5 cm³/mol. The summed E-state index contributed by atoms with van der Waals surface area (Å²) in [5.74, 6) is 1.91. The Morgan fingerprint density at radius 2 is 1.70 bits per heavy atom. The van der Waals surface area contributed by atoms with E-state index in [1.807, 2.05) is 42.5 Å². The van der Waals surface area contributed by atoms with Crippen LogP contribution in [0, 0.1) is 0 Å². The molecule has 0 unspecified atom stereocenters. The van der Waals surface area contributed by atoms with Crippen molar-refractivity contribution >= 4 is 16.6 Å². The predicted octanol–water partition coefficient (Wildman–Crippen LogP) is 2.61. The van der Waals surface area contributed by atoms with Gasteiger partial charge in [0.15, 0.2) is 17.3 Å². The molecule has 98 valence electrons. The molecular weight excluding hydrogens is 254 g/mol. The quantitative estimate of drug-likeness (QED) is 0.732. The Labute approximate surface area is 115 Å². The van der Waals surface area contributed by atoms with Gasteiger partial charge in [-0.25, -0.2) is 0 Å². The van der Waals surface area contributed by atoms with Crippen LogP contribution in [0.1, 0.15) is 0 Å². The maximum Gasteiger partial charge on any atom is 0.231 e. The second-order valence-electron chi connectivity index (χ2n) is 4.55. The molecule has 1 aliphatic rings. The minimum atomic E-state index is 0.257. The van der Waals surface area contributed by atoms with E-state index >= 15 is 0 Å². The average molecular weight is 265 g/mol. The highest BCUT2D eigenvalue weighted by Gasteiger charge is 2.16. The van der Waals surface area contributed by atoms with E-state index in [-0.39, 0.29) is 6.79 Å². The summed E-state index contributed by atoms with van der Waals surface area (Å²) in [5.41, 5.74) is 7.59. The van der Waals surface area contributed by atoms with Gasteiger partial charge in [0.1, 0.15) is 5.69 Å². The molecular formula is C15H11N3O2. The summed E-state index contributed by atoms with van der Waals surface area (Å²) in [6, 6.07) is 13.6. The van der Waals surface area contributed by atoms with Crippen LogP contribution in [-0.4, -0.2) is 17.0 Å². The number of ether oxygens (including phenoxy) is 2. The van der Waals surface area contributed by atoms with Crippen LogP contribution in [0.3, 0.4) is 0 Å². The zero-order valence-electron chi connectivity index (χ0n) is 10.5. The summed E-state index contributed by atoms with van der Waals surface area (Å²) in [6.45, 7) is 0.257. The highest BCUT2D eigenvalue weighted by Crippen LogP contribution is 2.37. The van der Waals surface area contributed by atoms with Gasteiger partial charge in [-0.3, -0.25) is 0 Å². The largest absolute Gasteiger partial charge is 0.454 e. The molecule has 0 fully saturated rings. The van der Waals surface area contributed by atoms with Gasteiger partial charge < -0.3 is 15.2 Å². The average Bonchev–Trinajstić information content (AvgIpc) is 2.95. The van der Waals surface area contributed by atoms with Crippen LogP contribution >= 0.6 is 0 Å². The van der Waals surface area contributed by atoms with Gasteiger partial charge >= 0.3 is 0 Å². The third kappa shape index (κ3) is 1.56. The van der Waals surface area contributed by atoms with E-state index in [1.54, 1.807) is 0 Å². The topological polar surface area (TPSA) is 70.3 Å². The summed E-state index contributed by atoms with van der Waals surface area (Å²) in [6.07, 6.45) is 0. The van der Waals surface area contributed by atoms with E-state index in [0.717, 1.165) is 33.5 Å². The molecule has 2 N–H and O–H groups in total. The molecule has 5 heteroatoms. The second-order valence-corrected chi connectivity index (χ2v) is 4.55. The van der Waals surface area contributed by atoms with E-state index in [2.05, 4.69) is 10.2 Å². The summed E-state index contributed by atoms with van der Waals surface area (Å²) < 4.78 is 10.7. The van der Waals surface area contributed by atoms with Crippen molar-refractivity contribution in [2.24, 2.45) is 0 Å². The summed E-state index contributed by atoms with van der Waals surface area (Å²) in [4.78, 5) is 0. The summed E-state index contributed by atoms with van der Waals surface area (Å²) in [7, 11) is 0. The molecule has 4 rings (SSSR count). The third-order valence-corrected chi connectivity index (χ3v) is 3.36. The fourth-order valence-electron chi connectivity index (χ4n) is 2.38. The Bertz CT molecular complexity index is 817. The SMILES string of the molecule is Nc1nnc(-c2ccc3c(c2)OCO3)c2ccccc12. The van der Waals surface area contributed by atoms with Crippen LogP contribution in [0.25, 0.3) is 22.0 Å². The van der Waals surface area contributed by atoms with E-state index in [9.17, 15) is 0 Å². The van der Waals surface area contributed by atoms with Gasteiger partial charge in [-0.2, -0.15) is 0 Å². The molecule has 1 aromatic heterocycles. The van der Waals surface area contributed by atoms with Gasteiger partial charge in [-0.05, 0) is 18.2 Å². The van der Waals surface area contributed by atoms with E-state index < -0.39 is 0 Å². The van der Waals surface area contributed by atoms with Crippen LogP contribution in [0.2, 0.25) is 0 Å². The van der Waals surface area contributed by atoms with Gasteiger partial charge in [0, 0.05) is 16.3 Å². The number of nitrogens with zero attached hydrogens (tertiary/aromatic N) is 2. The number of anilines is 1. The van der Waals surface area contributed by atoms with E-state index in [0.29, 0.717) is 5.82 Å². The van der Waals surface area contributed by atoms with Crippen molar-refractivity contribution in [3.8, 4) is 22.8 Å². The normalized spacial score (nSPS) is 12.8. The number of hydrogen-bond acceptors (Lipinski definition) is 5. The first-order valence-electron chi connectivity index (χ1n) is 6.24. The summed E-state index contributed by atoms with van der Waals surface area (Å²) in [5, 5.41) is 10.1. The van der Waals surface area contributed by atoms with Crippen LogP contribution in [0.5, 0.6) is 11.5 Å². The minimum absolute atomic E-state index is 0.257. The van der Waals surface area contributed by atoms with Gasteiger partial charge in [-0.1, -0.05) is 24.3 Å². The highest BCUT2D eigenvalue weighted by molar-refractivity contribution is 5.99. The van der Waals surface area contributed by atoms with E-state index in [4.69, 9.17) is 15.2 Å². The van der Waals surface area contributed by atoms with Crippen molar-refractivity contribution < 1.29 is 9.47 Å². The monoisotopic (exact) mass is 265 g/mol. The number of benzene rings is 2. The Balaban J connectivity index is 1.97. The zero-order chi connectivity index (χ0) is 13.5. The van der Waals surface area contributed by atoms with Crippen molar-refractivity contribution in [3.05, 3.63) is 42.5 Å². The molecule has 0 saturated heterocycles. The smallest absolute Gasteiger partial charge is 0.231 e. The number of nitrogen functional groups attached to an aromatic ring is 1.